The maximum atomic E-state index is 13.4. The van der Waals surface area contributed by atoms with Gasteiger partial charge in [-0.2, -0.15) is 0 Å². The zero-order valence-electron chi connectivity index (χ0n) is 11.7. The molecule has 5 nitrogen and oxygen atoms in total. The number of carbonyl (C=O) groups is 2. The molecule has 1 aliphatic heterocycles. The van der Waals surface area contributed by atoms with E-state index in [0.29, 0.717) is 0 Å². The van der Waals surface area contributed by atoms with Crippen molar-refractivity contribution in [1.82, 2.24) is 4.90 Å². The second-order valence-electron chi connectivity index (χ2n) is 6.60. The number of carboxylic acid groups (broad SMARTS) is 1. The molecule has 2 fully saturated rings. The van der Waals surface area contributed by atoms with Gasteiger partial charge in [0.1, 0.15) is 11.6 Å². The third kappa shape index (κ3) is 2.86. The molecule has 0 aromatic carbocycles. The van der Waals surface area contributed by atoms with Gasteiger partial charge in [0.2, 0.25) is 5.92 Å². The van der Waals surface area contributed by atoms with Crippen LogP contribution in [0.25, 0.3) is 0 Å². The van der Waals surface area contributed by atoms with Crippen molar-refractivity contribution in [2.45, 2.75) is 51.2 Å². The molecule has 1 N–H and O–H groups in total. The lowest BCUT2D eigenvalue weighted by Gasteiger charge is -2.28. The molecule has 1 saturated carbocycles. The summed E-state index contributed by atoms with van der Waals surface area (Å²) in [5.74, 6) is -5.25. The summed E-state index contributed by atoms with van der Waals surface area (Å²) in [5, 5.41) is 9.25. The number of alkyl halides is 2. The van der Waals surface area contributed by atoms with E-state index in [4.69, 9.17) is 4.74 Å². The zero-order valence-corrected chi connectivity index (χ0v) is 11.7. The summed E-state index contributed by atoms with van der Waals surface area (Å²) in [6.45, 7) is 5.04. The highest BCUT2D eigenvalue weighted by molar-refractivity contribution is 5.81. The molecule has 0 bridgehead atoms. The highest BCUT2D eigenvalue weighted by Crippen LogP contribution is 2.49. The minimum absolute atomic E-state index is 0.0200. The van der Waals surface area contributed by atoms with E-state index in [1.54, 1.807) is 20.8 Å². The Labute approximate surface area is 115 Å². The van der Waals surface area contributed by atoms with Gasteiger partial charge in [-0.25, -0.2) is 18.4 Å². The normalized spacial score (nSPS) is 32.0. The number of hydrogen-bond acceptors (Lipinski definition) is 3. The smallest absolute Gasteiger partial charge is 0.411 e. The van der Waals surface area contributed by atoms with Crippen molar-refractivity contribution >= 4 is 12.1 Å². The van der Waals surface area contributed by atoms with Crippen molar-refractivity contribution < 1.29 is 28.2 Å². The average molecular weight is 291 g/mol. The van der Waals surface area contributed by atoms with Crippen LogP contribution in [0.4, 0.5) is 13.6 Å². The molecular weight excluding hydrogens is 272 g/mol. The number of carbonyl (C=O) groups excluding carboxylic acids is 1. The van der Waals surface area contributed by atoms with Crippen molar-refractivity contribution in [2.24, 2.45) is 11.8 Å². The minimum atomic E-state index is -2.83. The van der Waals surface area contributed by atoms with E-state index in [1.165, 1.54) is 0 Å². The van der Waals surface area contributed by atoms with Crippen LogP contribution in [0.2, 0.25) is 0 Å². The first-order valence-corrected chi connectivity index (χ1v) is 6.60. The number of amides is 1. The predicted octanol–water partition coefficient (Wildman–Crippen LogP) is 2.35. The fourth-order valence-corrected chi connectivity index (χ4v) is 3.12. The van der Waals surface area contributed by atoms with Crippen LogP contribution in [0.5, 0.6) is 0 Å². The lowest BCUT2D eigenvalue weighted by atomic mass is 9.94. The number of fused-ring (bicyclic) bond motifs is 1. The Hall–Kier alpha value is -1.40. The second-order valence-corrected chi connectivity index (χ2v) is 6.60. The van der Waals surface area contributed by atoms with Crippen LogP contribution in [0.3, 0.4) is 0 Å². The number of aliphatic carboxylic acids is 1. The van der Waals surface area contributed by atoms with Crippen LogP contribution in [0.1, 0.15) is 33.6 Å². The first-order chi connectivity index (χ1) is 9.00. The van der Waals surface area contributed by atoms with Crippen LogP contribution in [-0.4, -0.2) is 46.2 Å². The van der Waals surface area contributed by atoms with E-state index >= 15 is 0 Å². The van der Waals surface area contributed by atoms with Gasteiger partial charge in [-0.05, 0) is 26.7 Å². The van der Waals surface area contributed by atoms with E-state index in [-0.39, 0.29) is 13.0 Å². The van der Waals surface area contributed by atoms with Gasteiger partial charge in [-0.3, -0.25) is 4.90 Å². The topological polar surface area (TPSA) is 66.8 Å². The molecule has 0 aromatic rings. The molecule has 114 valence electrons. The Kier molecular flexibility index (Phi) is 3.42. The second kappa shape index (κ2) is 4.56. The summed E-state index contributed by atoms with van der Waals surface area (Å²) in [6.07, 6.45) is -1.59. The molecule has 20 heavy (non-hydrogen) atoms. The molecule has 0 unspecified atom stereocenters. The van der Waals surface area contributed by atoms with Crippen molar-refractivity contribution in [1.29, 1.82) is 0 Å². The van der Waals surface area contributed by atoms with Crippen LogP contribution in [0, 0.1) is 11.8 Å². The SMILES string of the molecule is CC(C)(C)OC(=O)N1C[C@@H]2CC(F)(F)C[C@H]2[C@@H]1C(=O)O. The number of likely N-dealkylation sites (tertiary alicyclic amines) is 1. The molecule has 0 spiro atoms. The Morgan fingerprint density at radius 3 is 2.40 bits per heavy atom. The van der Waals surface area contributed by atoms with E-state index in [1.807, 2.05) is 0 Å². The Balaban J connectivity index is 2.16. The largest absolute Gasteiger partial charge is 0.480 e. The molecule has 1 aliphatic carbocycles. The van der Waals surface area contributed by atoms with Crippen LogP contribution < -0.4 is 0 Å². The minimum Gasteiger partial charge on any atom is -0.480 e. The zero-order chi connectivity index (χ0) is 15.3. The molecular formula is C13H19F2NO4. The molecule has 2 rings (SSSR count). The molecule has 7 heteroatoms. The molecule has 1 amide bonds. The van der Waals surface area contributed by atoms with Crippen LogP contribution >= 0.6 is 0 Å². The summed E-state index contributed by atoms with van der Waals surface area (Å²) in [4.78, 5) is 24.4. The Morgan fingerprint density at radius 2 is 1.90 bits per heavy atom. The van der Waals surface area contributed by atoms with E-state index in [0.717, 1.165) is 4.90 Å². The fraction of sp³-hybridized carbons (Fsp3) is 0.846. The van der Waals surface area contributed by atoms with Gasteiger partial charge in [0, 0.05) is 25.3 Å². The summed E-state index contributed by atoms with van der Waals surface area (Å²) in [6, 6.07) is -1.22. The summed E-state index contributed by atoms with van der Waals surface area (Å²) < 4.78 is 31.9. The van der Waals surface area contributed by atoms with Gasteiger partial charge >= 0.3 is 12.1 Å². The number of carboxylic acids is 1. The van der Waals surface area contributed by atoms with E-state index < -0.39 is 47.9 Å². The predicted molar refractivity (Wildman–Crippen MR) is 65.5 cm³/mol. The average Bonchev–Trinajstić information content (AvgIpc) is 2.65. The third-order valence-electron chi connectivity index (χ3n) is 3.75. The van der Waals surface area contributed by atoms with Crippen molar-refractivity contribution in [2.75, 3.05) is 6.54 Å². The molecule has 0 radical (unpaired) electrons. The third-order valence-corrected chi connectivity index (χ3v) is 3.75. The summed E-state index contributed by atoms with van der Waals surface area (Å²) in [7, 11) is 0. The van der Waals surface area contributed by atoms with E-state index in [2.05, 4.69) is 0 Å². The standard InChI is InChI=1S/C13H19F2NO4/c1-12(2,3)20-11(19)16-6-7-4-13(14,15)5-8(7)9(16)10(17)18/h7-9H,4-6H2,1-3H3,(H,17,18)/t7-,8+,9+/m0/s1. The molecule has 3 atom stereocenters. The lowest BCUT2D eigenvalue weighted by molar-refractivity contribution is -0.143. The number of ether oxygens (including phenoxy) is 1. The highest BCUT2D eigenvalue weighted by atomic mass is 19.3. The van der Waals surface area contributed by atoms with Gasteiger partial charge in [0.25, 0.3) is 0 Å². The molecule has 2 aliphatic rings. The van der Waals surface area contributed by atoms with Crippen molar-refractivity contribution in [3.8, 4) is 0 Å². The van der Waals surface area contributed by atoms with E-state index in [9.17, 15) is 23.5 Å². The van der Waals surface area contributed by atoms with Crippen LogP contribution in [0.15, 0.2) is 0 Å². The monoisotopic (exact) mass is 291 g/mol. The summed E-state index contributed by atoms with van der Waals surface area (Å²) in [5.41, 5.74) is -0.748. The number of nitrogens with zero attached hydrogens (tertiary/aromatic N) is 1. The van der Waals surface area contributed by atoms with Crippen molar-refractivity contribution in [3.63, 3.8) is 0 Å². The van der Waals surface area contributed by atoms with Crippen molar-refractivity contribution in [3.05, 3.63) is 0 Å². The van der Waals surface area contributed by atoms with Crippen LogP contribution in [-0.2, 0) is 9.53 Å². The fourth-order valence-electron chi connectivity index (χ4n) is 3.12. The van der Waals surface area contributed by atoms with Gasteiger partial charge in [-0.1, -0.05) is 0 Å². The van der Waals surface area contributed by atoms with Gasteiger partial charge in [0.15, 0.2) is 0 Å². The number of halogens is 2. The number of rotatable bonds is 1. The Bertz CT molecular complexity index is 433. The Morgan fingerprint density at radius 1 is 1.30 bits per heavy atom. The van der Waals surface area contributed by atoms with Gasteiger partial charge in [-0.15, -0.1) is 0 Å². The first kappa shape index (κ1) is 15.0. The van der Waals surface area contributed by atoms with Gasteiger partial charge in [0.05, 0.1) is 0 Å². The molecule has 0 aromatic heterocycles. The van der Waals surface area contributed by atoms with Gasteiger partial charge < -0.3 is 9.84 Å². The molecule has 1 heterocycles. The highest BCUT2D eigenvalue weighted by Gasteiger charge is 2.58. The maximum Gasteiger partial charge on any atom is 0.411 e. The lowest BCUT2D eigenvalue weighted by Crippen LogP contribution is -2.46. The first-order valence-electron chi connectivity index (χ1n) is 6.60. The number of hydrogen-bond donors (Lipinski definition) is 1. The molecule has 1 saturated heterocycles. The quantitative estimate of drug-likeness (QED) is 0.805. The maximum absolute atomic E-state index is 13.4. The summed E-state index contributed by atoms with van der Waals surface area (Å²) >= 11 is 0.